The summed E-state index contributed by atoms with van der Waals surface area (Å²) in [5, 5.41) is 9.83. The number of hydrogen-bond acceptors (Lipinski definition) is 3. The molecule has 0 bridgehead atoms. The van der Waals surface area contributed by atoms with Crippen molar-refractivity contribution in [2.45, 2.75) is 13.8 Å². The Balaban J connectivity index is 1.85. The predicted molar refractivity (Wildman–Crippen MR) is 94.4 cm³/mol. The van der Waals surface area contributed by atoms with Crippen LogP contribution in [0.3, 0.4) is 0 Å². The molecular weight excluding hydrogens is 302 g/mol. The molecule has 0 radical (unpaired) electrons. The highest BCUT2D eigenvalue weighted by molar-refractivity contribution is 6.08. The van der Waals surface area contributed by atoms with Gasteiger partial charge in [-0.25, -0.2) is 0 Å². The number of methoxy groups -OCH3 is 1. The van der Waals surface area contributed by atoms with E-state index in [1.807, 2.05) is 56.3 Å². The monoisotopic (exact) mass is 321 g/mol. The van der Waals surface area contributed by atoms with Crippen LogP contribution in [0.4, 0.5) is 5.69 Å². The molecule has 0 atom stereocenters. The van der Waals surface area contributed by atoms with Gasteiger partial charge >= 0.3 is 0 Å². The largest absolute Gasteiger partial charge is 0.497 e. The van der Waals surface area contributed by atoms with E-state index in [0.29, 0.717) is 11.3 Å². The number of benzene rings is 2. The lowest BCUT2D eigenvalue weighted by atomic mass is 10.1. The standard InChI is InChI=1S/C19H19N3O2/c1-12-4-7-15(10-13(12)2)21-19(23)17-11-20-22-18(17)14-5-8-16(24-3)9-6-14/h4-11H,1-3H3,(H,20,22)(H,21,23). The van der Waals surface area contributed by atoms with Crippen LogP contribution in [0.25, 0.3) is 11.3 Å². The van der Waals surface area contributed by atoms with Crippen molar-refractivity contribution >= 4 is 11.6 Å². The van der Waals surface area contributed by atoms with Gasteiger partial charge in [0, 0.05) is 11.3 Å². The van der Waals surface area contributed by atoms with E-state index in [-0.39, 0.29) is 5.91 Å². The molecule has 122 valence electrons. The van der Waals surface area contributed by atoms with E-state index in [2.05, 4.69) is 15.5 Å². The van der Waals surface area contributed by atoms with Crippen molar-refractivity contribution in [1.29, 1.82) is 0 Å². The summed E-state index contributed by atoms with van der Waals surface area (Å²) >= 11 is 0. The maximum atomic E-state index is 12.6. The number of aromatic nitrogens is 2. The summed E-state index contributed by atoms with van der Waals surface area (Å²) in [5.74, 6) is 0.567. The molecule has 3 rings (SSSR count). The van der Waals surface area contributed by atoms with Crippen molar-refractivity contribution in [2.24, 2.45) is 0 Å². The van der Waals surface area contributed by atoms with Crippen molar-refractivity contribution < 1.29 is 9.53 Å². The maximum absolute atomic E-state index is 12.6. The lowest BCUT2D eigenvalue weighted by Gasteiger charge is -2.08. The average Bonchev–Trinajstić information content (AvgIpc) is 3.08. The Bertz CT molecular complexity index is 867. The van der Waals surface area contributed by atoms with E-state index >= 15 is 0 Å². The highest BCUT2D eigenvalue weighted by Crippen LogP contribution is 2.24. The van der Waals surface area contributed by atoms with Crippen LogP contribution in [0, 0.1) is 13.8 Å². The van der Waals surface area contributed by atoms with Crippen LogP contribution in [0.15, 0.2) is 48.7 Å². The van der Waals surface area contributed by atoms with Gasteiger partial charge in [0.15, 0.2) is 0 Å². The molecule has 0 aliphatic heterocycles. The smallest absolute Gasteiger partial charge is 0.259 e. The van der Waals surface area contributed by atoms with Crippen LogP contribution >= 0.6 is 0 Å². The van der Waals surface area contributed by atoms with E-state index in [0.717, 1.165) is 22.6 Å². The van der Waals surface area contributed by atoms with Crippen molar-refractivity contribution in [3.63, 3.8) is 0 Å². The molecule has 0 spiro atoms. The number of H-pyrrole nitrogens is 1. The Morgan fingerprint density at radius 3 is 2.50 bits per heavy atom. The molecule has 2 aromatic carbocycles. The van der Waals surface area contributed by atoms with Crippen molar-refractivity contribution in [1.82, 2.24) is 10.2 Å². The third-order valence-electron chi connectivity index (χ3n) is 4.03. The molecule has 2 N–H and O–H groups in total. The molecule has 5 heteroatoms. The van der Waals surface area contributed by atoms with Crippen LogP contribution < -0.4 is 10.1 Å². The molecule has 0 saturated carbocycles. The third-order valence-corrected chi connectivity index (χ3v) is 4.03. The molecule has 24 heavy (non-hydrogen) atoms. The van der Waals surface area contributed by atoms with Crippen LogP contribution in [0.5, 0.6) is 5.75 Å². The van der Waals surface area contributed by atoms with Gasteiger partial charge in [0.2, 0.25) is 0 Å². The first-order valence-electron chi connectivity index (χ1n) is 7.65. The first-order chi connectivity index (χ1) is 11.6. The van der Waals surface area contributed by atoms with Crippen LogP contribution in [0.2, 0.25) is 0 Å². The summed E-state index contributed by atoms with van der Waals surface area (Å²) < 4.78 is 5.16. The number of hydrogen-bond donors (Lipinski definition) is 2. The highest BCUT2D eigenvalue weighted by atomic mass is 16.5. The Hall–Kier alpha value is -3.08. The summed E-state index contributed by atoms with van der Waals surface area (Å²) in [6.07, 6.45) is 1.54. The minimum atomic E-state index is -0.196. The molecule has 5 nitrogen and oxygen atoms in total. The number of nitrogens with one attached hydrogen (secondary N) is 2. The van der Waals surface area contributed by atoms with E-state index in [1.165, 1.54) is 11.8 Å². The van der Waals surface area contributed by atoms with Crippen LogP contribution in [0.1, 0.15) is 21.5 Å². The maximum Gasteiger partial charge on any atom is 0.259 e. The quantitative estimate of drug-likeness (QED) is 0.764. The van der Waals surface area contributed by atoms with E-state index < -0.39 is 0 Å². The third kappa shape index (κ3) is 3.15. The summed E-state index contributed by atoms with van der Waals surface area (Å²) in [6.45, 7) is 4.06. The molecule has 3 aromatic rings. The highest BCUT2D eigenvalue weighted by Gasteiger charge is 2.15. The fourth-order valence-electron chi connectivity index (χ4n) is 2.45. The van der Waals surface area contributed by atoms with Crippen molar-refractivity contribution in [2.75, 3.05) is 12.4 Å². The SMILES string of the molecule is COc1ccc(-c2[nH]ncc2C(=O)Nc2ccc(C)c(C)c2)cc1. The fourth-order valence-corrected chi connectivity index (χ4v) is 2.45. The Morgan fingerprint density at radius 2 is 1.83 bits per heavy atom. The summed E-state index contributed by atoms with van der Waals surface area (Å²) in [7, 11) is 1.62. The molecule has 0 saturated heterocycles. The second kappa shape index (κ2) is 6.58. The first-order valence-corrected chi connectivity index (χ1v) is 7.65. The lowest BCUT2D eigenvalue weighted by molar-refractivity contribution is 0.102. The Morgan fingerprint density at radius 1 is 1.08 bits per heavy atom. The second-order valence-electron chi connectivity index (χ2n) is 5.64. The number of amides is 1. The number of rotatable bonds is 4. The normalized spacial score (nSPS) is 10.5. The average molecular weight is 321 g/mol. The van der Waals surface area contributed by atoms with E-state index in [1.54, 1.807) is 7.11 Å². The summed E-state index contributed by atoms with van der Waals surface area (Å²) in [4.78, 5) is 12.6. The number of ether oxygens (including phenoxy) is 1. The fraction of sp³-hybridized carbons (Fsp3) is 0.158. The van der Waals surface area contributed by atoms with Gasteiger partial charge in [0.1, 0.15) is 5.75 Å². The van der Waals surface area contributed by atoms with Crippen molar-refractivity contribution in [3.05, 3.63) is 65.4 Å². The minimum absolute atomic E-state index is 0.196. The lowest BCUT2D eigenvalue weighted by Crippen LogP contribution is -2.12. The number of aromatic amines is 1. The summed E-state index contributed by atoms with van der Waals surface area (Å²) in [5.41, 5.74) is 5.14. The zero-order valence-electron chi connectivity index (χ0n) is 13.9. The number of anilines is 1. The van der Waals surface area contributed by atoms with Gasteiger partial charge in [-0.3, -0.25) is 9.89 Å². The van der Waals surface area contributed by atoms with Gasteiger partial charge < -0.3 is 10.1 Å². The Labute approximate surface area is 140 Å². The number of carbonyl (C=O) groups is 1. The van der Waals surface area contributed by atoms with Gasteiger partial charge in [-0.1, -0.05) is 6.07 Å². The number of nitrogens with zero attached hydrogens (tertiary/aromatic N) is 1. The summed E-state index contributed by atoms with van der Waals surface area (Å²) in [6, 6.07) is 13.3. The van der Waals surface area contributed by atoms with Crippen molar-refractivity contribution in [3.8, 4) is 17.0 Å². The van der Waals surface area contributed by atoms with Gasteiger partial charge in [-0.15, -0.1) is 0 Å². The topological polar surface area (TPSA) is 67.0 Å². The Kier molecular flexibility index (Phi) is 4.33. The predicted octanol–water partition coefficient (Wildman–Crippen LogP) is 3.95. The molecule has 0 aliphatic carbocycles. The molecule has 1 heterocycles. The van der Waals surface area contributed by atoms with E-state index in [9.17, 15) is 4.79 Å². The van der Waals surface area contributed by atoms with E-state index in [4.69, 9.17) is 4.74 Å². The zero-order valence-corrected chi connectivity index (χ0v) is 13.9. The molecule has 0 aliphatic rings. The van der Waals surface area contributed by atoms with Gasteiger partial charge in [0.25, 0.3) is 5.91 Å². The number of carbonyl (C=O) groups excluding carboxylic acids is 1. The minimum Gasteiger partial charge on any atom is -0.497 e. The molecule has 1 amide bonds. The van der Waals surface area contributed by atoms with Gasteiger partial charge in [0.05, 0.1) is 24.6 Å². The van der Waals surface area contributed by atoms with Gasteiger partial charge in [-0.05, 0) is 61.4 Å². The van der Waals surface area contributed by atoms with Gasteiger partial charge in [-0.2, -0.15) is 5.10 Å². The molecular formula is C19H19N3O2. The second-order valence-corrected chi connectivity index (χ2v) is 5.64. The number of aryl methyl sites for hydroxylation is 2. The molecule has 1 aromatic heterocycles. The van der Waals surface area contributed by atoms with Crippen LogP contribution in [-0.2, 0) is 0 Å². The molecule has 0 fully saturated rings. The molecule has 0 unspecified atom stereocenters. The van der Waals surface area contributed by atoms with Crippen LogP contribution in [-0.4, -0.2) is 23.2 Å². The first kappa shape index (κ1) is 15.8. The zero-order chi connectivity index (χ0) is 17.1.